The minimum absolute atomic E-state index is 0.168. The lowest BCUT2D eigenvalue weighted by atomic mass is 10.0. The zero-order valence-corrected chi connectivity index (χ0v) is 21.7. The molecule has 0 radical (unpaired) electrons. The molecule has 12 heteroatoms. The van der Waals surface area contributed by atoms with Crippen molar-refractivity contribution in [3.63, 3.8) is 0 Å². The molecule has 1 atom stereocenters. The second kappa shape index (κ2) is 11.6. The molecular weight excluding hydrogens is 508 g/mol. The van der Waals surface area contributed by atoms with Gasteiger partial charge >= 0.3 is 16.1 Å². The van der Waals surface area contributed by atoms with Gasteiger partial charge < -0.3 is 25.5 Å². The van der Waals surface area contributed by atoms with Crippen LogP contribution in [0.4, 0.5) is 11.6 Å². The van der Waals surface area contributed by atoms with E-state index >= 15 is 0 Å². The number of anilines is 2. The molecular formula is C26H30N6O5S. The number of piperidine rings is 1. The van der Waals surface area contributed by atoms with Gasteiger partial charge in [-0.15, -0.1) is 0 Å². The van der Waals surface area contributed by atoms with Gasteiger partial charge in [0.05, 0.1) is 0 Å². The van der Waals surface area contributed by atoms with Gasteiger partial charge in [-0.3, -0.25) is 4.79 Å². The van der Waals surface area contributed by atoms with E-state index in [1.807, 2.05) is 12.1 Å². The van der Waals surface area contributed by atoms with Crippen molar-refractivity contribution >= 4 is 33.6 Å². The molecule has 1 aromatic heterocycles. The molecule has 1 saturated heterocycles. The normalized spacial score (nSPS) is 15.8. The quantitative estimate of drug-likeness (QED) is 0.344. The van der Waals surface area contributed by atoms with E-state index in [9.17, 15) is 18.0 Å². The minimum Gasteiger partial charge on any atom is -0.371 e. The summed E-state index contributed by atoms with van der Waals surface area (Å²) >= 11 is 0. The second-order valence-electron chi connectivity index (χ2n) is 9.26. The number of nitrogens with one attached hydrogen (secondary N) is 2. The molecule has 2 aromatic carbocycles. The van der Waals surface area contributed by atoms with E-state index in [1.54, 1.807) is 36.7 Å². The van der Waals surface area contributed by atoms with Crippen molar-refractivity contribution in [3.05, 3.63) is 78.6 Å². The maximum absolute atomic E-state index is 12.7. The second-order valence-corrected chi connectivity index (χ2v) is 10.8. The highest BCUT2D eigenvalue weighted by atomic mass is 32.2. The summed E-state index contributed by atoms with van der Waals surface area (Å²) in [6, 6.07) is 16.5. The topological polar surface area (TPSA) is 157 Å². The van der Waals surface area contributed by atoms with Gasteiger partial charge in [-0.05, 0) is 62.2 Å². The van der Waals surface area contributed by atoms with Crippen LogP contribution in [-0.2, 0) is 19.1 Å². The van der Waals surface area contributed by atoms with Gasteiger partial charge in [0.15, 0.2) is 0 Å². The maximum atomic E-state index is 12.7. The summed E-state index contributed by atoms with van der Waals surface area (Å²) < 4.78 is 29.3. The zero-order valence-electron chi connectivity index (χ0n) is 20.9. The summed E-state index contributed by atoms with van der Waals surface area (Å²) in [6.07, 6.45) is 5.26. The van der Waals surface area contributed by atoms with Crippen LogP contribution in [0.3, 0.4) is 0 Å². The number of hydrogen-bond acceptors (Lipinski definition) is 10. The first-order valence-corrected chi connectivity index (χ1v) is 13.5. The number of aromatic nitrogens is 2. The predicted molar refractivity (Wildman–Crippen MR) is 142 cm³/mol. The average Bonchev–Trinajstić information content (AvgIpc) is 2.93. The maximum Gasteiger partial charge on any atom is 0.343 e. The van der Waals surface area contributed by atoms with E-state index in [2.05, 4.69) is 25.5 Å². The Kier molecular flexibility index (Phi) is 8.23. The molecule has 3 aromatic rings. The first kappa shape index (κ1) is 27.0. The first-order chi connectivity index (χ1) is 18.1. The van der Waals surface area contributed by atoms with Crippen LogP contribution in [-0.4, -0.2) is 61.5 Å². The number of rotatable bonds is 9. The molecule has 4 N–H and O–H groups in total. The van der Waals surface area contributed by atoms with Crippen LogP contribution in [0.5, 0.6) is 0 Å². The molecule has 0 bridgehead atoms. The third-order valence-electron chi connectivity index (χ3n) is 6.19. The van der Waals surface area contributed by atoms with E-state index in [1.165, 1.54) is 31.2 Å². The summed E-state index contributed by atoms with van der Waals surface area (Å²) in [4.78, 5) is 35.6. The Balaban J connectivity index is 1.27. The first-order valence-electron chi connectivity index (χ1n) is 12.1. The largest absolute Gasteiger partial charge is 0.371 e. The molecule has 1 aliphatic heterocycles. The van der Waals surface area contributed by atoms with Gasteiger partial charge in [-0.2, -0.15) is 8.42 Å². The van der Waals surface area contributed by atoms with Crippen molar-refractivity contribution in [1.29, 1.82) is 0 Å². The van der Waals surface area contributed by atoms with Gasteiger partial charge in [-0.25, -0.2) is 14.8 Å². The van der Waals surface area contributed by atoms with Crippen molar-refractivity contribution in [2.24, 2.45) is 5.73 Å². The number of amides is 1. The van der Waals surface area contributed by atoms with Crippen LogP contribution in [0.15, 0.2) is 78.0 Å². The number of nitrogens with zero attached hydrogens (tertiary/aromatic N) is 3. The average molecular weight is 539 g/mol. The molecule has 4 rings (SSSR count). The van der Waals surface area contributed by atoms with Gasteiger partial charge in [0, 0.05) is 49.3 Å². The zero-order chi connectivity index (χ0) is 27.2. The Morgan fingerprint density at radius 3 is 2.29 bits per heavy atom. The highest BCUT2D eigenvalue weighted by Gasteiger charge is 2.35. The Hall–Kier alpha value is -4.03. The van der Waals surface area contributed by atoms with Crippen molar-refractivity contribution < 1.29 is 22.2 Å². The van der Waals surface area contributed by atoms with Crippen molar-refractivity contribution in [2.75, 3.05) is 29.9 Å². The summed E-state index contributed by atoms with van der Waals surface area (Å²) in [5.41, 5.74) is 5.59. The van der Waals surface area contributed by atoms with Gasteiger partial charge in [0.25, 0.3) is 5.91 Å². The lowest BCUT2D eigenvalue weighted by Gasteiger charge is -2.34. The highest BCUT2D eigenvalue weighted by Crippen LogP contribution is 2.22. The van der Waals surface area contributed by atoms with E-state index in [-0.39, 0.29) is 11.4 Å². The fraction of sp³-hybridized carbons (Fsp3) is 0.308. The lowest BCUT2D eigenvalue weighted by molar-refractivity contribution is -0.139. The number of carbonyl (C=O) groups excluding carboxylic acids is 2. The predicted octanol–water partition coefficient (Wildman–Crippen LogP) is 1.94. The summed E-state index contributed by atoms with van der Waals surface area (Å²) in [5.74, 6) is -0.993. The molecule has 0 spiro atoms. The third kappa shape index (κ3) is 6.84. The van der Waals surface area contributed by atoms with E-state index in [4.69, 9.17) is 9.92 Å². The minimum atomic E-state index is -4.33. The number of carbonyl (C=O) groups is 2. The molecule has 2 heterocycles. The van der Waals surface area contributed by atoms with Gasteiger partial charge in [0.2, 0.25) is 5.95 Å². The van der Waals surface area contributed by atoms with E-state index in [0.29, 0.717) is 17.6 Å². The molecule has 11 nitrogen and oxygen atoms in total. The van der Waals surface area contributed by atoms with Crippen LogP contribution in [0.2, 0.25) is 0 Å². The Morgan fingerprint density at radius 1 is 1.03 bits per heavy atom. The Bertz CT molecular complexity index is 1340. The van der Waals surface area contributed by atoms with Gasteiger partial charge in [-0.1, -0.05) is 18.2 Å². The molecule has 1 amide bonds. The lowest BCUT2D eigenvalue weighted by Crippen LogP contribution is -2.54. The van der Waals surface area contributed by atoms with Crippen LogP contribution < -0.4 is 21.3 Å². The Morgan fingerprint density at radius 2 is 1.66 bits per heavy atom. The molecule has 0 saturated carbocycles. The fourth-order valence-corrected chi connectivity index (χ4v) is 4.91. The van der Waals surface area contributed by atoms with Crippen molar-refractivity contribution in [2.45, 2.75) is 36.2 Å². The van der Waals surface area contributed by atoms with Crippen molar-refractivity contribution in [3.8, 4) is 0 Å². The molecule has 0 aliphatic carbocycles. The number of nitrogens with two attached hydrogens (primary N) is 1. The summed E-state index contributed by atoms with van der Waals surface area (Å²) in [7, 11) is -4.33. The van der Waals surface area contributed by atoms with Crippen LogP contribution in [0.1, 0.15) is 30.1 Å². The molecule has 38 heavy (non-hydrogen) atoms. The summed E-state index contributed by atoms with van der Waals surface area (Å²) in [6.45, 7) is 2.66. The molecule has 1 fully saturated rings. The standard InChI is InChI=1S/C26H30N6O5S/c1-26(27,24(34)37-38(35,36)22-6-3-2-4-7-22)18-30-23(33)19-8-10-21(11-9-19)32-16-12-20(13-17-32)31-25-28-14-5-15-29-25/h2-11,14-15,20H,12-13,16-18,27H2,1H3,(H,30,33)(H,28,29,31). The van der Waals surface area contributed by atoms with Gasteiger partial charge in [0.1, 0.15) is 10.4 Å². The third-order valence-corrected chi connectivity index (χ3v) is 7.41. The Labute approximate surface area is 221 Å². The molecule has 1 unspecified atom stereocenters. The van der Waals surface area contributed by atoms with Crippen LogP contribution in [0.25, 0.3) is 0 Å². The monoisotopic (exact) mass is 538 g/mol. The number of benzene rings is 2. The van der Waals surface area contributed by atoms with E-state index in [0.717, 1.165) is 31.6 Å². The molecule has 1 aliphatic rings. The van der Waals surface area contributed by atoms with Crippen molar-refractivity contribution in [1.82, 2.24) is 15.3 Å². The smallest absolute Gasteiger partial charge is 0.343 e. The highest BCUT2D eigenvalue weighted by molar-refractivity contribution is 7.87. The van der Waals surface area contributed by atoms with E-state index < -0.39 is 27.5 Å². The van der Waals surface area contributed by atoms with Crippen LogP contribution in [0, 0.1) is 0 Å². The summed E-state index contributed by atoms with van der Waals surface area (Å²) in [5, 5.41) is 5.93. The molecule has 200 valence electrons. The fourth-order valence-electron chi connectivity index (χ4n) is 3.93. The number of hydrogen-bond donors (Lipinski definition) is 3. The van der Waals surface area contributed by atoms with Crippen LogP contribution >= 0.6 is 0 Å². The SMILES string of the molecule is CC(N)(CNC(=O)c1ccc(N2CCC(Nc3ncccn3)CC2)cc1)C(=O)OS(=O)(=O)c1ccccc1.